The molecule has 280 valence electrons. The minimum Gasteiger partial charge on any atom is -0.310 e. The number of aromatic nitrogens is 3. The smallest absolute Gasteiger partial charge is 0.126 e. The van der Waals surface area contributed by atoms with E-state index in [4.69, 9.17) is 9.97 Å². The van der Waals surface area contributed by atoms with Crippen molar-refractivity contribution in [3.8, 4) is 28.2 Å². The number of fused-ring (bicyclic) bond motifs is 5. The van der Waals surface area contributed by atoms with E-state index in [2.05, 4.69) is 217 Å². The Kier molecular flexibility index (Phi) is 8.12. The molecule has 0 aliphatic carbocycles. The molecule has 0 unspecified atom stereocenters. The summed E-state index contributed by atoms with van der Waals surface area (Å²) in [5.74, 6) is 0.756. The molecule has 11 rings (SSSR count). The van der Waals surface area contributed by atoms with E-state index < -0.39 is 5.41 Å². The average molecular weight is 757 g/mol. The fourth-order valence-corrected chi connectivity index (χ4v) is 9.64. The second-order valence-corrected chi connectivity index (χ2v) is 15.4. The van der Waals surface area contributed by atoms with Crippen molar-refractivity contribution in [3.63, 3.8) is 0 Å². The van der Waals surface area contributed by atoms with Crippen molar-refractivity contribution in [1.29, 1.82) is 0 Å². The van der Waals surface area contributed by atoms with Gasteiger partial charge < -0.3 is 9.47 Å². The van der Waals surface area contributed by atoms with Gasteiger partial charge in [0.1, 0.15) is 5.82 Å². The number of rotatable bonds is 6. The van der Waals surface area contributed by atoms with Gasteiger partial charge in [0.15, 0.2) is 0 Å². The molecule has 0 fully saturated rings. The van der Waals surface area contributed by atoms with Crippen molar-refractivity contribution in [2.45, 2.75) is 19.3 Å². The molecule has 0 spiro atoms. The summed E-state index contributed by atoms with van der Waals surface area (Å²) in [6.45, 7) is 4.10. The van der Waals surface area contributed by atoms with Crippen LogP contribution in [0.3, 0.4) is 0 Å². The van der Waals surface area contributed by atoms with Gasteiger partial charge in [-0.15, -0.1) is 0 Å². The summed E-state index contributed by atoms with van der Waals surface area (Å²) >= 11 is 0. The van der Waals surface area contributed by atoms with E-state index >= 15 is 0 Å². The standard InChI is InChI=1S/C55H40N4/c1-37-53(39-18-5-3-6-19-39)56-38(2)57-54(37)40-32-34-43(35-33-40)58-51-30-15-11-26-47(51)55(41-20-7-4-8-21-41,48-27-12-16-31-52(48)58)42-22-17-23-44(36-42)59-49-28-13-9-24-45(49)46-25-10-14-29-50(46)59/h3-36H,1-2H3. The van der Waals surface area contributed by atoms with Gasteiger partial charge in [0.2, 0.25) is 0 Å². The van der Waals surface area contributed by atoms with Crippen molar-refractivity contribution in [1.82, 2.24) is 14.5 Å². The van der Waals surface area contributed by atoms with Crippen molar-refractivity contribution in [3.05, 3.63) is 240 Å². The first-order chi connectivity index (χ1) is 29.1. The average Bonchev–Trinajstić information content (AvgIpc) is 3.64. The number of hydrogen-bond acceptors (Lipinski definition) is 3. The Morgan fingerprint density at radius 2 is 0.898 bits per heavy atom. The van der Waals surface area contributed by atoms with Crippen LogP contribution in [-0.4, -0.2) is 14.5 Å². The lowest BCUT2D eigenvalue weighted by Crippen LogP contribution is -2.37. The normalized spacial score (nSPS) is 13.0. The Morgan fingerprint density at radius 3 is 1.51 bits per heavy atom. The molecule has 2 aromatic heterocycles. The number of hydrogen-bond donors (Lipinski definition) is 0. The highest BCUT2D eigenvalue weighted by atomic mass is 15.2. The lowest BCUT2D eigenvalue weighted by atomic mass is 9.62. The molecule has 3 heterocycles. The predicted octanol–water partition coefficient (Wildman–Crippen LogP) is 13.7. The van der Waals surface area contributed by atoms with Crippen molar-refractivity contribution in [2.24, 2.45) is 0 Å². The van der Waals surface area contributed by atoms with Gasteiger partial charge in [-0.3, -0.25) is 0 Å². The van der Waals surface area contributed by atoms with Gasteiger partial charge in [0, 0.05) is 38.8 Å². The monoisotopic (exact) mass is 756 g/mol. The molecule has 59 heavy (non-hydrogen) atoms. The van der Waals surface area contributed by atoms with Gasteiger partial charge >= 0.3 is 0 Å². The topological polar surface area (TPSA) is 34.0 Å². The molecular formula is C55H40N4. The molecule has 0 atom stereocenters. The van der Waals surface area contributed by atoms with Gasteiger partial charge in [-0.05, 0) is 84.6 Å². The summed E-state index contributed by atoms with van der Waals surface area (Å²) < 4.78 is 2.42. The summed E-state index contributed by atoms with van der Waals surface area (Å²) in [4.78, 5) is 12.3. The lowest BCUT2D eigenvalue weighted by molar-refractivity contribution is 0.730. The van der Waals surface area contributed by atoms with Crippen LogP contribution in [0.5, 0.6) is 0 Å². The van der Waals surface area contributed by atoms with E-state index in [9.17, 15) is 0 Å². The zero-order chi connectivity index (χ0) is 39.5. The van der Waals surface area contributed by atoms with Crippen molar-refractivity contribution in [2.75, 3.05) is 4.90 Å². The van der Waals surface area contributed by atoms with Gasteiger partial charge in [-0.1, -0.05) is 158 Å². The zero-order valence-corrected chi connectivity index (χ0v) is 32.9. The third kappa shape index (κ3) is 5.37. The van der Waals surface area contributed by atoms with Crippen LogP contribution in [0.4, 0.5) is 17.1 Å². The molecule has 0 radical (unpaired) electrons. The summed E-state index contributed by atoms with van der Waals surface area (Å²) in [5, 5.41) is 2.51. The first-order valence-corrected chi connectivity index (χ1v) is 20.3. The second kappa shape index (κ2) is 13.8. The largest absolute Gasteiger partial charge is 0.310 e. The number of benzene rings is 8. The van der Waals surface area contributed by atoms with E-state index in [1.165, 1.54) is 44.1 Å². The molecule has 0 amide bonds. The van der Waals surface area contributed by atoms with E-state index in [0.29, 0.717) is 0 Å². The maximum Gasteiger partial charge on any atom is 0.126 e. The minimum absolute atomic E-state index is 0.622. The Bertz CT molecular complexity index is 3080. The van der Waals surface area contributed by atoms with E-state index in [-0.39, 0.29) is 0 Å². The van der Waals surface area contributed by atoms with Gasteiger partial charge in [0.25, 0.3) is 0 Å². The summed E-state index contributed by atoms with van der Waals surface area (Å²) in [7, 11) is 0. The molecule has 4 heteroatoms. The van der Waals surface area contributed by atoms with Gasteiger partial charge in [-0.25, -0.2) is 9.97 Å². The van der Waals surface area contributed by atoms with Crippen LogP contribution in [0.1, 0.15) is 33.6 Å². The molecule has 0 saturated carbocycles. The molecular weight excluding hydrogens is 717 g/mol. The molecule has 8 aromatic carbocycles. The maximum absolute atomic E-state index is 4.96. The van der Waals surface area contributed by atoms with Crippen molar-refractivity contribution < 1.29 is 0 Å². The molecule has 4 nitrogen and oxygen atoms in total. The molecule has 10 aromatic rings. The van der Waals surface area contributed by atoms with Crippen LogP contribution in [0, 0.1) is 13.8 Å². The highest BCUT2D eigenvalue weighted by Gasteiger charge is 2.46. The molecule has 0 saturated heterocycles. The van der Waals surface area contributed by atoms with Crippen molar-refractivity contribution >= 4 is 38.9 Å². The van der Waals surface area contributed by atoms with Gasteiger partial charge in [-0.2, -0.15) is 0 Å². The number of para-hydroxylation sites is 4. The number of nitrogens with zero attached hydrogens (tertiary/aromatic N) is 4. The Labute approximate surface area is 344 Å². The fraction of sp³-hybridized carbons (Fsp3) is 0.0545. The quantitative estimate of drug-likeness (QED) is 0.169. The first kappa shape index (κ1) is 34.7. The SMILES string of the molecule is Cc1nc(-c2ccccc2)c(C)c(-c2ccc(N3c4ccccc4C(c4ccccc4)(c4cccc(-n5c6ccccc6c6ccccc65)c4)c4ccccc43)cc2)n1. The molecule has 0 N–H and O–H groups in total. The highest BCUT2D eigenvalue weighted by molar-refractivity contribution is 6.09. The fourth-order valence-electron chi connectivity index (χ4n) is 9.64. The van der Waals surface area contributed by atoms with Crippen LogP contribution in [0.2, 0.25) is 0 Å². The van der Waals surface area contributed by atoms with Crippen LogP contribution < -0.4 is 4.90 Å². The van der Waals surface area contributed by atoms with Gasteiger partial charge in [0.05, 0.1) is 39.2 Å². The summed E-state index contributed by atoms with van der Waals surface area (Å²) in [5.41, 5.74) is 16.3. The molecule has 1 aliphatic heterocycles. The van der Waals surface area contributed by atoms with E-state index in [0.717, 1.165) is 56.7 Å². The Balaban J connectivity index is 1.10. The summed E-state index contributed by atoms with van der Waals surface area (Å²) in [6, 6.07) is 74.9. The zero-order valence-electron chi connectivity index (χ0n) is 32.9. The predicted molar refractivity (Wildman–Crippen MR) is 243 cm³/mol. The number of anilines is 3. The van der Waals surface area contributed by atoms with Crippen LogP contribution in [-0.2, 0) is 5.41 Å². The third-order valence-corrected chi connectivity index (χ3v) is 12.1. The summed E-state index contributed by atoms with van der Waals surface area (Å²) in [6.07, 6.45) is 0. The van der Waals surface area contributed by atoms with Crippen LogP contribution >= 0.6 is 0 Å². The third-order valence-electron chi connectivity index (χ3n) is 12.1. The number of aryl methyl sites for hydroxylation is 1. The van der Waals surface area contributed by atoms with E-state index in [1.807, 2.05) is 13.0 Å². The second-order valence-electron chi connectivity index (χ2n) is 15.4. The minimum atomic E-state index is -0.622. The van der Waals surface area contributed by atoms with Crippen LogP contribution in [0.25, 0.3) is 50.0 Å². The highest BCUT2D eigenvalue weighted by Crippen LogP contribution is 2.58. The Morgan fingerprint density at radius 1 is 0.407 bits per heavy atom. The first-order valence-electron chi connectivity index (χ1n) is 20.3. The molecule has 0 bridgehead atoms. The lowest BCUT2D eigenvalue weighted by Gasteiger charge is -2.46. The Hall–Kier alpha value is -7.56. The molecule has 1 aliphatic rings. The van der Waals surface area contributed by atoms with Crippen LogP contribution in [0.15, 0.2) is 206 Å². The van der Waals surface area contributed by atoms with E-state index in [1.54, 1.807) is 0 Å². The maximum atomic E-state index is 4.96.